The fraction of sp³-hybridized carbons (Fsp3) is 0.667. The van der Waals surface area contributed by atoms with E-state index >= 15 is 0 Å². The Morgan fingerprint density at radius 3 is 3.00 bits per heavy atom. The molecule has 0 saturated carbocycles. The van der Waals surface area contributed by atoms with Crippen LogP contribution < -0.4 is 5.32 Å². The van der Waals surface area contributed by atoms with E-state index in [-0.39, 0.29) is 0 Å². The molecule has 14 heavy (non-hydrogen) atoms. The first-order chi connectivity index (χ1) is 6.83. The van der Waals surface area contributed by atoms with Crippen LogP contribution in [0, 0.1) is 18.3 Å². The second kappa shape index (κ2) is 6.11. The number of aryl methyl sites for hydroxylation is 1. The molecule has 1 aromatic heterocycles. The Kier molecular flexibility index (Phi) is 4.65. The second-order valence-electron chi connectivity index (χ2n) is 3.02. The number of hydrogen-bond donors (Lipinski definition) is 1. The molecule has 0 fully saturated rings. The third-order valence-corrected chi connectivity index (χ3v) is 1.74. The van der Waals surface area contributed by atoms with Crippen molar-refractivity contribution in [1.82, 2.24) is 15.5 Å². The average molecular weight is 194 g/mol. The monoisotopic (exact) mass is 194 g/mol. The van der Waals surface area contributed by atoms with Crippen molar-refractivity contribution in [1.29, 1.82) is 5.26 Å². The predicted molar refractivity (Wildman–Crippen MR) is 50.2 cm³/mol. The molecular weight excluding hydrogens is 180 g/mol. The predicted octanol–water partition coefficient (Wildman–Crippen LogP) is 1.16. The molecule has 0 spiro atoms. The summed E-state index contributed by atoms with van der Waals surface area (Å²) in [5.74, 6) is 1.27. The van der Waals surface area contributed by atoms with E-state index in [0.29, 0.717) is 24.7 Å². The number of nitrogens with one attached hydrogen (secondary N) is 1. The zero-order valence-corrected chi connectivity index (χ0v) is 8.29. The van der Waals surface area contributed by atoms with Crippen LogP contribution in [0.25, 0.3) is 0 Å². The lowest BCUT2D eigenvalue weighted by Gasteiger charge is -1.98. The molecule has 76 valence electrons. The van der Waals surface area contributed by atoms with E-state index in [9.17, 15) is 0 Å². The minimum Gasteiger partial charge on any atom is -0.340 e. The Balaban J connectivity index is 2.02. The first kappa shape index (κ1) is 10.7. The molecular formula is C9H14N4O. The number of unbranched alkanes of at least 4 members (excludes halogenated alkanes) is 2. The van der Waals surface area contributed by atoms with Gasteiger partial charge in [-0.05, 0) is 19.4 Å². The molecule has 0 unspecified atom stereocenters. The lowest BCUT2D eigenvalue weighted by Crippen LogP contribution is -2.15. The molecule has 0 atom stereocenters. The third-order valence-electron chi connectivity index (χ3n) is 1.74. The Labute approximate surface area is 83.1 Å². The first-order valence-corrected chi connectivity index (χ1v) is 4.70. The molecule has 1 rings (SSSR count). The Morgan fingerprint density at radius 2 is 2.36 bits per heavy atom. The molecule has 0 aromatic carbocycles. The average Bonchev–Trinajstić information content (AvgIpc) is 2.58. The van der Waals surface area contributed by atoms with Crippen molar-refractivity contribution in [2.24, 2.45) is 0 Å². The maximum absolute atomic E-state index is 8.30. The number of nitriles is 1. The van der Waals surface area contributed by atoms with Crippen molar-refractivity contribution in [3.8, 4) is 6.07 Å². The summed E-state index contributed by atoms with van der Waals surface area (Å²) < 4.78 is 4.82. The topological polar surface area (TPSA) is 74.7 Å². The molecule has 0 aliphatic heterocycles. The highest BCUT2D eigenvalue weighted by Gasteiger charge is 1.99. The van der Waals surface area contributed by atoms with E-state index in [1.807, 2.05) is 0 Å². The Hall–Kier alpha value is -1.41. The van der Waals surface area contributed by atoms with Crippen LogP contribution in [-0.4, -0.2) is 16.7 Å². The van der Waals surface area contributed by atoms with Crippen LogP contribution >= 0.6 is 0 Å². The van der Waals surface area contributed by atoms with E-state index in [0.717, 1.165) is 19.4 Å². The number of rotatable bonds is 6. The van der Waals surface area contributed by atoms with Crippen LogP contribution in [0.1, 0.15) is 31.0 Å². The number of aromatic nitrogens is 2. The zero-order chi connectivity index (χ0) is 10.2. The van der Waals surface area contributed by atoms with E-state index in [1.165, 1.54) is 0 Å². The smallest absolute Gasteiger partial charge is 0.223 e. The minimum absolute atomic E-state index is 0.589. The summed E-state index contributed by atoms with van der Waals surface area (Å²) >= 11 is 0. The molecule has 0 bridgehead atoms. The Bertz CT molecular complexity index is 302. The molecule has 0 aliphatic rings. The number of nitrogens with zero attached hydrogens (tertiary/aromatic N) is 3. The van der Waals surface area contributed by atoms with Crippen molar-refractivity contribution >= 4 is 0 Å². The minimum atomic E-state index is 0.589. The molecule has 1 N–H and O–H groups in total. The van der Waals surface area contributed by atoms with E-state index in [2.05, 4.69) is 21.5 Å². The summed E-state index contributed by atoms with van der Waals surface area (Å²) in [5.41, 5.74) is 0. The molecule has 0 amide bonds. The van der Waals surface area contributed by atoms with Crippen molar-refractivity contribution < 1.29 is 4.52 Å². The lowest BCUT2D eigenvalue weighted by atomic mass is 10.2. The van der Waals surface area contributed by atoms with Gasteiger partial charge >= 0.3 is 0 Å². The standard InChI is InChI=1S/C9H14N4O/c1-8-12-9(13-14-8)7-11-6-4-2-3-5-10/h11H,2-4,6-7H2,1H3. The summed E-state index contributed by atoms with van der Waals surface area (Å²) in [4.78, 5) is 4.05. The van der Waals surface area contributed by atoms with Crippen LogP contribution in [0.2, 0.25) is 0 Å². The SMILES string of the molecule is Cc1nc(CNCCCCC#N)no1. The van der Waals surface area contributed by atoms with Gasteiger partial charge in [0.2, 0.25) is 5.89 Å². The van der Waals surface area contributed by atoms with E-state index < -0.39 is 0 Å². The summed E-state index contributed by atoms with van der Waals surface area (Å²) in [6.07, 6.45) is 2.57. The van der Waals surface area contributed by atoms with Gasteiger partial charge in [-0.15, -0.1) is 0 Å². The molecule has 5 heteroatoms. The van der Waals surface area contributed by atoms with Gasteiger partial charge in [0.05, 0.1) is 12.6 Å². The van der Waals surface area contributed by atoms with Crippen LogP contribution in [-0.2, 0) is 6.54 Å². The third kappa shape index (κ3) is 4.01. The van der Waals surface area contributed by atoms with Gasteiger partial charge in [-0.2, -0.15) is 10.2 Å². The van der Waals surface area contributed by atoms with Crippen molar-refractivity contribution in [3.05, 3.63) is 11.7 Å². The molecule has 1 aromatic rings. The lowest BCUT2D eigenvalue weighted by molar-refractivity contribution is 0.385. The van der Waals surface area contributed by atoms with Gasteiger partial charge in [0.1, 0.15) is 0 Å². The molecule has 0 aliphatic carbocycles. The second-order valence-corrected chi connectivity index (χ2v) is 3.02. The number of hydrogen-bond acceptors (Lipinski definition) is 5. The molecule has 0 radical (unpaired) electrons. The quantitative estimate of drug-likeness (QED) is 0.688. The summed E-state index contributed by atoms with van der Waals surface area (Å²) in [6, 6.07) is 2.11. The largest absolute Gasteiger partial charge is 0.340 e. The van der Waals surface area contributed by atoms with E-state index in [1.54, 1.807) is 6.92 Å². The summed E-state index contributed by atoms with van der Waals surface area (Å²) in [6.45, 7) is 3.28. The van der Waals surface area contributed by atoms with Crippen LogP contribution in [0.3, 0.4) is 0 Å². The highest BCUT2D eigenvalue weighted by atomic mass is 16.5. The van der Waals surface area contributed by atoms with Gasteiger partial charge in [0.15, 0.2) is 5.82 Å². The van der Waals surface area contributed by atoms with Crippen molar-refractivity contribution in [2.75, 3.05) is 6.54 Å². The van der Waals surface area contributed by atoms with Gasteiger partial charge in [0.25, 0.3) is 0 Å². The molecule has 0 saturated heterocycles. The maximum Gasteiger partial charge on any atom is 0.223 e. The fourth-order valence-electron chi connectivity index (χ4n) is 1.07. The highest BCUT2D eigenvalue weighted by Crippen LogP contribution is 1.95. The van der Waals surface area contributed by atoms with Crippen molar-refractivity contribution in [2.45, 2.75) is 32.7 Å². The summed E-state index contributed by atoms with van der Waals surface area (Å²) in [5, 5.41) is 15.2. The van der Waals surface area contributed by atoms with Crippen LogP contribution in [0.4, 0.5) is 0 Å². The first-order valence-electron chi connectivity index (χ1n) is 4.70. The summed E-state index contributed by atoms with van der Waals surface area (Å²) in [7, 11) is 0. The van der Waals surface area contributed by atoms with Crippen LogP contribution in [0.15, 0.2) is 4.52 Å². The highest BCUT2D eigenvalue weighted by molar-refractivity contribution is 4.82. The zero-order valence-electron chi connectivity index (χ0n) is 8.29. The van der Waals surface area contributed by atoms with E-state index in [4.69, 9.17) is 9.78 Å². The van der Waals surface area contributed by atoms with Gasteiger partial charge in [-0.3, -0.25) is 0 Å². The van der Waals surface area contributed by atoms with Gasteiger partial charge in [-0.25, -0.2) is 0 Å². The Morgan fingerprint density at radius 1 is 1.50 bits per heavy atom. The van der Waals surface area contributed by atoms with Gasteiger partial charge in [0, 0.05) is 13.3 Å². The van der Waals surface area contributed by atoms with Crippen LogP contribution in [0.5, 0.6) is 0 Å². The van der Waals surface area contributed by atoms with Gasteiger partial charge < -0.3 is 9.84 Å². The fourth-order valence-corrected chi connectivity index (χ4v) is 1.07. The van der Waals surface area contributed by atoms with Crippen molar-refractivity contribution in [3.63, 3.8) is 0 Å². The molecule has 1 heterocycles. The maximum atomic E-state index is 8.30. The normalized spacial score (nSPS) is 10.0. The molecule has 5 nitrogen and oxygen atoms in total. The van der Waals surface area contributed by atoms with Gasteiger partial charge in [-0.1, -0.05) is 5.16 Å².